The Morgan fingerprint density at radius 2 is 1.16 bits per heavy atom. The van der Waals surface area contributed by atoms with Crippen molar-refractivity contribution in [1.82, 2.24) is 0 Å². The number of rotatable bonds is 10. The Kier molecular flexibility index (Phi) is 8.19. The highest BCUT2D eigenvalue weighted by molar-refractivity contribution is 7.99. The van der Waals surface area contributed by atoms with Gasteiger partial charge in [0.15, 0.2) is 11.6 Å². The maximum absolute atomic E-state index is 12.3. The molecule has 0 radical (unpaired) electrons. The highest BCUT2D eigenvalue weighted by atomic mass is 32.2. The summed E-state index contributed by atoms with van der Waals surface area (Å²) in [6.07, 6.45) is -0.875. The van der Waals surface area contributed by atoms with Crippen molar-refractivity contribution in [1.29, 1.82) is 0 Å². The third kappa shape index (κ3) is 6.72. The molecule has 2 rings (SSSR count). The molecule has 0 saturated carbocycles. The van der Waals surface area contributed by atoms with E-state index in [1.165, 1.54) is 39.5 Å². The van der Waals surface area contributed by atoms with Gasteiger partial charge in [-0.1, -0.05) is 48.5 Å². The molecule has 2 aromatic rings. The van der Waals surface area contributed by atoms with Crippen LogP contribution in [0, 0.1) is 0 Å². The Balaban J connectivity index is 2.35. The molecule has 0 aliphatic rings. The lowest BCUT2D eigenvalue weighted by molar-refractivity contribution is 0.0487. The van der Waals surface area contributed by atoms with E-state index in [1.54, 1.807) is 48.5 Å². The van der Waals surface area contributed by atoms with Gasteiger partial charge in [0.05, 0.1) is 18.0 Å². The largest absolute Gasteiger partial charge is 0.394 e. The van der Waals surface area contributed by atoms with Crippen LogP contribution in [0.15, 0.2) is 48.5 Å². The molecule has 0 aliphatic carbocycles. The predicted molar refractivity (Wildman–Crippen MR) is 122 cm³/mol. The van der Waals surface area contributed by atoms with E-state index in [-0.39, 0.29) is 29.2 Å². The Morgan fingerprint density at radius 1 is 0.806 bits per heavy atom. The SMILES string of the molecule is CC(C)(O)C(=O)c1ccc(C(SCC(O)CO)c2ccc(C(=O)C(C)(C)O)cc2)cc1. The number of ketones is 2. The summed E-state index contributed by atoms with van der Waals surface area (Å²) in [4.78, 5) is 24.6. The number of Topliss-reactive ketones (excluding diaryl/α,β-unsaturated/α-hetero) is 2. The van der Waals surface area contributed by atoms with E-state index in [0.717, 1.165) is 11.1 Å². The van der Waals surface area contributed by atoms with Crippen LogP contribution < -0.4 is 0 Å². The van der Waals surface area contributed by atoms with Crippen LogP contribution >= 0.6 is 11.8 Å². The predicted octanol–water partition coefficient (Wildman–Crippen LogP) is 2.77. The third-order valence-corrected chi connectivity index (χ3v) is 6.18. The van der Waals surface area contributed by atoms with Crippen molar-refractivity contribution >= 4 is 23.3 Å². The molecule has 4 N–H and O–H groups in total. The molecule has 1 unspecified atom stereocenters. The van der Waals surface area contributed by atoms with Gasteiger partial charge in [-0.3, -0.25) is 9.59 Å². The van der Waals surface area contributed by atoms with Crippen molar-refractivity contribution in [2.45, 2.75) is 50.3 Å². The van der Waals surface area contributed by atoms with Crippen molar-refractivity contribution in [3.63, 3.8) is 0 Å². The first-order valence-electron chi connectivity index (χ1n) is 9.99. The van der Waals surface area contributed by atoms with E-state index in [0.29, 0.717) is 11.1 Å². The molecule has 0 fully saturated rings. The summed E-state index contributed by atoms with van der Waals surface area (Å²) in [5.41, 5.74) is -0.427. The number of carbonyl (C=O) groups is 2. The standard InChI is InChI=1S/C24H30O6S/c1-23(2,29)21(27)17-9-5-15(6-10-17)20(31-14-19(26)13-25)16-7-11-18(12-8-16)22(28)24(3,4)30/h5-12,19-20,25-26,29-30H,13-14H2,1-4H3. The van der Waals surface area contributed by atoms with Crippen LogP contribution in [-0.4, -0.2) is 61.7 Å². The maximum atomic E-state index is 12.3. The average Bonchev–Trinajstić information content (AvgIpc) is 2.72. The lowest BCUT2D eigenvalue weighted by atomic mass is 9.93. The molecule has 0 saturated heterocycles. The monoisotopic (exact) mass is 446 g/mol. The molecular weight excluding hydrogens is 416 g/mol. The molecule has 0 bridgehead atoms. The second kappa shape index (κ2) is 10.1. The molecule has 6 nitrogen and oxygen atoms in total. The molecule has 0 aliphatic heterocycles. The number of carbonyl (C=O) groups excluding carboxylic acids is 2. The lowest BCUT2D eigenvalue weighted by Gasteiger charge is -2.21. The average molecular weight is 447 g/mol. The highest BCUT2D eigenvalue weighted by Crippen LogP contribution is 2.36. The number of hydrogen-bond acceptors (Lipinski definition) is 7. The Hall–Kier alpha value is -2.03. The summed E-state index contributed by atoms with van der Waals surface area (Å²) < 4.78 is 0. The number of hydrogen-bond donors (Lipinski definition) is 4. The van der Waals surface area contributed by atoms with Crippen molar-refractivity contribution < 1.29 is 30.0 Å². The molecule has 0 amide bonds. The Labute approximate surface area is 186 Å². The zero-order valence-electron chi connectivity index (χ0n) is 18.2. The minimum atomic E-state index is -1.47. The summed E-state index contributed by atoms with van der Waals surface area (Å²) in [6.45, 7) is 5.41. The molecule has 0 aromatic heterocycles. The van der Waals surface area contributed by atoms with Crippen LogP contribution in [0.5, 0.6) is 0 Å². The fourth-order valence-electron chi connectivity index (χ4n) is 2.97. The Morgan fingerprint density at radius 3 is 1.45 bits per heavy atom. The second-order valence-electron chi connectivity index (χ2n) is 8.57. The van der Waals surface area contributed by atoms with Gasteiger partial charge in [0, 0.05) is 16.9 Å². The number of thioether (sulfide) groups is 1. The van der Waals surface area contributed by atoms with Crippen LogP contribution in [0.2, 0.25) is 0 Å². The summed E-state index contributed by atoms with van der Waals surface area (Å²) in [6, 6.07) is 13.8. The van der Waals surface area contributed by atoms with Crippen LogP contribution in [0.3, 0.4) is 0 Å². The first kappa shape index (κ1) is 25.2. The molecule has 31 heavy (non-hydrogen) atoms. The van der Waals surface area contributed by atoms with Gasteiger partial charge >= 0.3 is 0 Å². The van der Waals surface area contributed by atoms with Gasteiger partial charge in [-0.15, -0.1) is 11.8 Å². The summed E-state index contributed by atoms with van der Waals surface area (Å²) in [7, 11) is 0. The smallest absolute Gasteiger partial charge is 0.193 e. The second-order valence-corrected chi connectivity index (χ2v) is 9.71. The number of aliphatic hydroxyl groups is 4. The fraction of sp³-hybridized carbons (Fsp3) is 0.417. The van der Waals surface area contributed by atoms with Gasteiger partial charge in [0.2, 0.25) is 0 Å². The van der Waals surface area contributed by atoms with E-state index in [9.17, 15) is 24.9 Å². The van der Waals surface area contributed by atoms with E-state index in [2.05, 4.69) is 0 Å². The van der Waals surface area contributed by atoms with Gasteiger partial charge in [0.1, 0.15) is 11.2 Å². The molecule has 0 heterocycles. The number of benzene rings is 2. The number of aliphatic hydroxyl groups excluding tert-OH is 2. The van der Waals surface area contributed by atoms with Crippen LogP contribution in [0.1, 0.15) is 64.8 Å². The summed E-state index contributed by atoms with van der Waals surface area (Å²) in [5.74, 6) is -0.475. The molecule has 1 atom stereocenters. The van der Waals surface area contributed by atoms with E-state index < -0.39 is 17.3 Å². The molecule has 2 aromatic carbocycles. The molecular formula is C24H30O6S. The van der Waals surface area contributed by atoms with Gasteiger partial charge in [-0.2, -0.15) is 0 Å². The normalized spacial score (nSPS) is 13.3. The van der Waals surface area contributed by atoms with Crippen LogP contribution in [-0.2, 0) is 0 Å². The van der Waals surface area contributed by atoms with E-state index in [1.807, 2.05) is 0 Å². The van der Waals surface area contributed by atoms with Crippen molar-refractivity contribution in [3.05, 3.63) is 70.8 Å². The van der Waals surface area contributed by atoms with Gasteiger partial charge in [-0.05, 0) is 38.8 Å². The third-order valence-electron chi connectivity index (χ3n) is 4.73. The first-order chi connectivity index (χ1) is 14.3. The van der Waals surface area contributed by atoms with E-state index in [4.69, 9.17) is 5.11 Å². The van der Waals surface area contributed by atoms with Crippen molar-refractivity contribution in [3.8, 4) is 0 Å². The Bertz CT molecular complexity index is 822. The summed E-state index contributed by atoms with van der Waals surface area (Å²) >= 11 is 1.42. The fourth-order valence-corrected chi connectivity index (χ4v) is 4.19. The van der Waals surface area contributed by atoms with Crippen LogP contribution in [0.25, 0.3) is 0 Å². The first-order valence-corrected chi connectivity index (χ1v) is 11.0. The topological polar surface area (TPSA) is 115 Å². The van der Waals surface area contributed by atoms with Gasteiger partial charge in [-0.25, -0.2) is 0 Å². The van der Waals surface area contributed by atoms with Crippen molar-refractivity contribution in [2.75, 3.05) is 12.4 Å². The zero-order valence-corrected chi connectivity index (χ0v) is 19.0. The molecule has 168 valence electrons. The van der Waals surface area contributed by atoms with Gasteiger partial charge < -0.3 is 20.4 Å². The maximum Gasteiger partial charge on any atom is 0.193 e. The van der Waals surface area contributed by atoms with Crippen LogP contribution in [0.4, 0.5) is 0 Å². The highest BCUT2D eigenvalue weighted by Gasteiger charge is 2.27. The molecule has 7 heteroatoms. The zero-order chi connectivity index (χ0) is 23.4. The quantitative estimate of drug-likeness (QED) is 0.415. The van der Waals surface area contributed by atoms with E-state index >= 15 is 0 Å². The lowest BCUT2D eigenvalue weighted by Crippen LogP contribution is -2.31. The van der Waals surface area contributed by atoms with Crippen molar-refractivity contribution in [2.24, 2.45) is 0 Å². The minimum Gasteiger partial charge on any atom is -0.394 e. The minimum absolute atomic E-state index is 0.223. The molecule has 0 spiro atoms. The summed E-state index contributed by atoms with van der Waals surface area (Å²) in [5, 5.41) is 38.6. The van der Waals surface area contributed by atoms with Gasteiger partial charge in [0.25, 0.3) is 0 Å².